The summed E-state index contributed by atoms with van der Waals surface area (Å²) in [5.41, 5.74) is 4.68. The van der Waals surface area contributed by atoms with Crippen LogP contribution in [0, 0.1) is 12.3 Å². The van der Waals surface area contributed by atoms with Crippen LogP contribution in [0.2, 0.25) is 0 Å². The minimum Gasteiger partial charge on any atom is -0.369 e. The maximum atomic E-state index is 5.39. The van der Waals surface area contributed by atoms with Gasteiger partial charge >= 0.3 is 0 Å². The van der Waals surface area contributed by atoms with Gasteiger partial charge in [0.2, 0.25) is 0 Å². The molecule has 2 nitrogen and oxygen atoms in total. The third-order valence-corrected chi connectivity index (χ3v) is 4.12. The molecule has 106 valence electrons. The van der Waals surface area contributed by atoms with E-state index in [4.69, 9.17) is 6.42 Å². The van der Waals surface area contributed by atoms with Crippen LogP contribution in [0.1, 0.15) is 5.56 Å². The zero-order valence-corrected chi connectivity index (χ0v) is 12.4. The first-order chi connectivity index (χ1) is 10.3. The van der Waals surface area contributed by atoms with Gasteiger partial charge in [0, 0.05) is 37.4 Å². The molecule has 0 bridgehead atoms. The predicted octanol–water partition coefficient (Wildman–Crippen LogP) is 3.09. The van der Waals surface area contributed by atoms with Gasteiger partial charge < -0.3 is 9.80 Å². The Morgan fingerprint density at radius 1 is 0.810 bits per heavy atom. The van der Waals surface area contributed by atoms with Gasteiger partial charge in [0.05, 0.1) is 0 Å². The SMILES string of the molecule is C#Cc1ccc(-c2ccc(N3CCN(C)CC3)cc2)cc1. The number of hydrogen-bond donors (Lipinski definition) is 0. The van der Waals surface area contributed by atoms with Crippen LogP contribution in [0.15, 0.2) is 48.5 Å². The third-order valence-electron chi connectivity index (χ3n) is 4.12. The van der Waals surface area contributed by atoms with Crippen LogP contribution in [0.25, 0.3) is 11.1 Å². The number of likely N-dealkylation sites (N-methyl/N-ethyl adjacent to an activating group) is 1. The number of rotatable bonds is 2. The molecule has 2 aromatic rings. The maximum absolute atomic E-state index is 5.39. The van der Waals surface area contributed by atoms with Crippen LogP contribution >= 0.6 is 0 Å². The number of benzene rings is 2. The molecule has 2 heteroatoms. The molecule has 0 amide bonds. The summed E-state index contributed by atoms with van der Waals surface area (Å²) in [6.45, 7) is 4.48. The van der Waals surface area contributed by atoms with Crippen LogP contribution in [0.4, 0.5) is 5.69 Å². The van der Waals surface area contributed by atoms with Gasteiger partial charge in [-0.05, 0) is 42.4 Å². The monoisotopic (exact) mass is 276 g/mol. The van der Waals surface area contributed by atoms with Crippen molar-refractivity contribution in [3.05, 3.63) is 54.1 Å². The molecule has 1 aliphatic rings. The standard InChI is InChI=1S/C19H20N2/c1-3-16-4-6-17(7-5-16)18-8-10-19(11-9-18)21-14-12-20(2)13-15-21/h1,4-11H,12-15H2,2H3. The molecule has 0 N–H and O–H groups in total. The fourth-order valence-electron chi connectivity index (χ4n) is 2.69. The van der Waals surface area contributed by atoms with E-state index in [1.165, 1.54) is 16.8 Å². The summed E-state index contributed by atoms with van der Waals surface area (Å²) in [6.07, 6.45) is 5.39. The number of nitrogens with zero attached hydrogens (tertiary/aromatic N) is 2. The highest BCUT2D eigenvalue weighted by atomic mass is 15.2. The molecule has 1 saturated heterocycles. The average molecular weight is 276 g/mol. The van der Waals surface area contributed by atoms with Crippen LogP contribution in [-0.4, -0.2) is 38.1 Å². The fraction of sp³-hybridized carbons (Fsp3) is 0.263. The Balaban J connectivity index is 1.75. The maximum Gasteiger partial charge on any atom is 0.0367 e. The summed E-state index contributed by atoms with van der Waals surface area (Å²) in [4.78, 5) is 4.82. The highest BCUT2D eigenvalue weighted by molar-refractivity contribution is 5.67. The van der Waals surface area contributed by atoms with E-state index in [0.29, 0.717) is 0 Å². The van der Waals surface area contributed by atoms with Gasteiger partial charge in [0.15, 0.2) is 0 Å². The molecule has 1 heterocycles. The molecule has 0 atom stereocenters. The number of hydrogen-bond acceptors (Lipinski definition) is 2. The summed E-state index contributed by atoms with van der Waals surface area (Å²) in [5.74, 6) is 2.65. The Labute approximate surface area is 127 Å². The Morgan fingerprint density at radius 2 is 1.33 bits per heavy atom. The van der Waals surface area contributed by atoms with Gasteiger partial charge in [0.25, 0.3) is 0 Å². The largest absolute Gasteiger partial charge is 0.369 e. The predicted molar refractivity (Wildman–Crippen MR) is 89.5 cm³/mol. The minimum absolute atomic E-state index is 0.924. The second-order valence-electron chi connectivity index (χ2n) is 5.56. The van der Waals surface area contributed by atoms with E-state index in [1.807, 2.05) is 12.1 Å². The van der Waals surface area contributed by atoms with Gasteiger partial charge in [0.1, 0.15) is 0 Å². The van der Waals surface area contributed by atoms with Crippen LogP contribution in [0.3, 0.4) is 0 Å². The molecule has 0 spiro atoms. The van der Waals surface area contributed by atoms with Crippen molar-refractivity contribution in [3.63, 3.8) is 0 Å². The second kappa shape index (κ2) is 6.03. The van der Waals surface area contributed by atoms with Crippen LogP contribution in [-0.2, 0) is 0 Å². The zero-order chi connectivity index (χ0) is 14.7. The van der Waals surface area contributed by atoms with Crippen molar-refractivity contribution < 1.29 is 0 Å². The van der Waals surface area contributed by atoms with Crippen molar-refractivity contribution in [2.45, 2.75) is 0 Å². The Kier molecular flexibility index (Phi) is 3.94. The van der Waals surface area contributed by atoms with E-state index in [9.17, 15) is 0 Å². The summed E-state index contributed by atoms with van der Waals surface area (Å²) < 4.78 is 0. The summed E-state index contributed by atoms with van der Waals surface area (Å²) in [5, 5.41) is 0. The summed E-state index contributed by atoms with van der Waals surface area (Å²) in [7, 11) is 2.18. The first-order valence-corrected chi connectivity index (χ1v) is 7.37. The summed E-state index contributed by atoms with van der Waals surface area (Å²) >= 11 is 0. The van der Waals surface area contributed by atoms with Crippen molar-refractivity contribution in [2.75, 3.05) is 38.1 Å². The van der Waals surface area contributed by atoms with Crippen LogP contribution in [0.5, 0.6) is 0 Å². The normalized spacial score (nSPS) is 15.7. The van der Waals surface area contributed by atoms with Crippen molar-refractivity contribution >= 4 is 5.69 Å². The number of terminal acetylenes is 1. The number of piperazine rings is 1. The summed E-state index contributed by atoms with van der Waals surface area (Å²) in [6, 6.07) is 17.0. The van der Waals surface area contributed by atoms with Gasteiger partial charge in [-0.1, -0.05) is 30.2 Å². The lowest BCUT2D eigenvalue weighted by Crippen LogP contribution is -2.44. The lowest BCUT2D eigenvalue weighted by Gasteiger charge is -2.34. The molecule has 0 saturated carbocycles. The highest BCUT2D eigenvalue weighted by Gasteiger charge is 2.13. The van der Waals surface area contributed by atoms with Crippen molar-refractivity contribution in [1.29, 1.82) is 0 Å². The van der Waals surface area contributed by atoms with Crippen molar-refractivity contribution in [2.24, 2.45) is 0 Å². The number of anilines is 1. The van der Waals surface area contributed by atoms with Crippen molar-refractivity contribution in [1.82, 2.24) is 4.90 Å². The topological polar surface area (TPSA) is 6.48 Å². The molecule has 21 heavy (non-hydrogen) atoms. The fourth-order valence-corrected chi connectivity index (χ4v) is 2.69. The van der Waals surface area contributed by atoms with Gasteiger partial charge in [-0.2, -0.15) is 0 Å². The molecular weight excluding hydrogens is 256 g/mol. The second-order valence-corrected chi connectivity index (χ2v) is 5.56. The van der Waals surface area contributed by atoms with E-state index in [2.05, 4.69) is 59.2 Å². The molecule has 0 unspecified atom stereocenters. The highest BCUT2D eigenvalue weighted by Crippen LogP contribution is 2.24. The van der Waals surface area contributed by atoms with E-state index < -0.39 is 0 Å². The van der Waals surface area contributed by atoms with E-state index in [-0.39, 0.29) is 0 Å². The molecular formula is C19H20N2. The van der Waals surface area contributed by atoms with E-state index in [0.717, 1.165) is 31.7 Å². The average Bonchev–Trinajstić information content (AvgIpc) is 2.56. The van der Waals surface area contributed by atoms with Crippen molar-refractivity contribution in [3.8, 4) is 23.5 Å². The molecule has 0 aliphatic carbocycles. The minimum atomic E-state index is 0.924. The van der Waals surface area contributed by atoms with Gasteiger partial charge in [-0.25, -0.2) is 0 Å². The first-order valence-electron chi connectivity index (χ1n) is 7.37. The van der Waals surface area contributed by atoms with Gasteiger partial charge in [-0.15, -0.1) is 6.42 Å². The smallest absolute Gasteiger partial charge is 0.0367 e. The molecule has 1 aliphatic heterocycles. The molecule has 1 fully saturated rings. The Hall–Kier alpha value is -2.24. The lowest BCUT2D eigenvalue weighted by atomic mass is 10.0. The molecule has 2 aromatic carbocycles. The Morgan fingerprint density at radius 3 is 1.86 bits per heavy atom. The van der Waals surface area contributed by atoms with Crippen LogP contribution < -0.4 is 4.90 Å². The molecule has 3 rings (SSSR count). The van der Waals surface area contributed by atoms with Gasteiger partial charge in [-0.3, -0.25) is 0 Å². The van der Waals surface area contributed by atoms with E-state index in [1.54, 1.807) is 0 Å². The quantitative estimate of drug-likeness (QED) is 0.778. The molecule has 0 aromatic heterocycles. The lowest BCUT2D eigenvalue weighted by molar-refractivity contribution is 0.313. The van der Waals surface area contributed by atoms with E-state index >= 15 is 0 Å². The Bertz CT molecular complexity index is 627. The first kappa shape index (κ1) is 13.7. The zero-order valence-electron chi connectivity index (χ0n) is 12.4. The molecule has 0 radical (unpaired) electrons. The third kappa shape index (κ3) is 3.09.